The van der Waals surface area contributed by atoms with Crippen molar-refractivity contribution in [2.75, 3.05) is 26.2 Å². The van der Waals surface area contributed by atoms with Gasteiger partial charge >= 0.3 is 0 Å². The predicted octanol–water partition coefficient (Wildman–Crippen LogP) is 4.65. The number of aliphatic imine (C=N–C) groups is 1. The van der Waals surface area contributed by atoms with Gasteiger partial charge in [-0.25, -0.2) is 4.99 Å². The van der Waals surface area contributed by atoms with Gasteiger partial charge < -0.3 is 20.5 Å². The minimum atomic E-state index is -0.924. The molecule has 0 radical (unpaired) electrons. The quantitative estimate of drug-likeness (QED) is 0.171. The summed E-state index contributed by atoms with van der Waals surface area (Å²) in [6.07, 6.45) is 10.4. The van der Waals surface area contributed by atoms with Crippen LogP contribution in [0.3, 0.4) is 0 Å². The van der Waals surface area contributed by atoms with E-state index < -0.39 is 5.60 Å². The van der Waals surface area contributed by atoms with Crippen molar-refractivity contribution >= 4 is 41.3 Å². The van der Waals surface area contributed by atoms with Gasteiger partial charge in [0.1, 0.15) is 5.60 Å². The summed E-state index contributed by atoms with van der Waals surface area (Å²) in [6, 6.07) is 3.91. The summed E-state index contributed by atoms with van der Waals surface area (Å²) < 4.78 is 5.98. The van der Waals surface area contributed by atoms with Crippen molar-refractivity contribution in [1.29, 1.82) is 0 Å². The lowest BCUT2D eigenvalue weighted by molar-refractivity contribution is 0.0264. The van der Waals surface area contributed by atoms with Gasteiger partial charge in [0, 0.05) is 24.6 Å². The fourth-order valence-electron chi connectivity index (χ4n) is 3.33. The van der Waals surface area contributed by atoms with E-state index in [9.17, 15) is 5.11 Å². The summed E-state index contributed by atoms with van der Waals surface area (Å²) in [6.45, 7) is 6.80. The molecule has 162 valence electrons. The Hall–Kier alpha value is -0.380. The first-order valence-electron chi connectivity index (χ1n) is 10.5. The number of ether oxygens (including phenoxy) is 1. The molecule has 1 fully saturated rings. The molecule has 0 spiro atoms. The lowest BCUT2D eigenvalue weighted by Crippen LogP contribution is -2.39. The zero-order valence-corrected chi connectivity index (χ0v) is 20.6. The van der Waals surface area contributed by atoms with E-state index in [1.807, 2.05) is 24.4 Å². The van der Waals surface area contributed by atoms with Crippen LogP contribution in [0.4, 0.5) is 0 Å². The fourth-order valence-corrected chi connectivity index (χ4v) is 4.11. The average Bonchev–Trinajstić information content (AvgIpc) is 3.22. The molecule has 1 aromatic heterocycles. The van der Waals surface area contributed by atoms with Gasteiger partial charge in [0.15, 0.2) is 5.96 Å². The monoisotopic (exact) mass is 523 g/mol. The zero-order chi connectivity index (χ0) is 19.4. The molecular formula is C21H38IN3O2S. The summed E-state index contributed by atoms with van der Waals surface area (Å²) in [4.78, 5) is 5.51. The van der Waals surface area contributed by atoms with E-state index in [0.717, 1.165) is 49.8 Å². The Bertz CT molecular complexity index is 532. The van der Waals surface area contributed by atoms with E-state index in [-0.39, 0.29) is 24.0 Å². The highest BCUT2D eigenvalue weighted by atomic mass is 127. The van der Waals surface area contributed by atoms with E-state index >= 15 is 0 Å². The molecular weight excluding hydrogens is 485 g/mol. The lowest BCUT2D eigenvalue weighted by Gasteiger charge is -2.22. The van der Waals surface area contributed by atoms with Gasteiger partial charge in [-0.3, -0.25) is 0 Å². The van der Waals surface area contributed by atoms with Gasteiger partial charge in [-0.2, -0.15) is 0 Å². The number of rotatable bonds is 11. The van der Waals surface area contributed by atoms with Gasteiger partial charge in [-0.15, -0.1) is 35.3 Å². The predicted molar refractivity (Wildman–Crippen MR) is 130 cm³/mol. The van der Waals surface area contributed by atoms with Crippen molar-refractivity contribution < 1.29 is 9.84 Å². The first-order valence-corrected chi connectivity index (χ1v) is 11.4. The number of unbranched alkanes of at least 4 members (excludes halogenated alkanes) is 2. The largest absolute Gasteiger partial charge is 0.383 e. The number of nitrogens with one attached hydrogen (secondary N) is 2. The molecule has 7 heteroatoms. The van der Waals surface area contributed by atoms with E-state index in [1.165, 1.54) is 32.1 Å². The van der Waals surface area contributed by atoms with Crippen LogP contribution in [0.5, 0.6) is 0 Å². The molecule has 0 aromatic carbocycles. The van der Waals surface area contributed by atoms with Gasteiger partial charge in [0.05, 0.1) is 12.6 Å². The summed E-state index contributed by atoms with van der Waals surface area (Å²) in [5.41, 5.74) is -0.924. The topological polar surface area (TPSA) is 65.9 Å². The molecule has 5 nitrogen and oxygen atoms in total. The second-order valence-corrected chi connectivity index (χ2v) is 8.51. The molecule has 2 rings (SSSR count). The highest BCUT2D eigenvalue weighted by molar-refractivity contribution is 14.0. The Kier molecular flexibility index (Phi) is 13.4. The van der Waals surface area contributed by atoms with Crippen LogP contribution in [0.15, 0.2) is 22.5 Å². The molecule has 0 saturated heterocycles. The number of halogens is 1. The molecule has 1 saturated carbocycles. The normalized spacial score (nSPS) is 17.6. The fraction of sp³-hybridized carbons (Fsp3) is 0.762. The Labute approximate surface area is 191 Å². The maximum absolute atomic E-state index is 10.6. The molecule has 0 amide bonds. The average molecular weight is 524 g/mol. The first kappa shape index (κ1) is 25.7. The maximum atomic E-state index is 10.6. The Morgan fingerprint density at radius 2 is 2.04 bits per heavy atom. The summed E-state index contributed by atoms with van der Waals surface area (Å²) in [5.74, 6) is 0.771. The summed E-state index contributed by atoms with van der Waals surface area (Å²) >= 11 is 1.56. The number of nitrogens with zero attached hydrogens (tertiary/aromatic N) is 1. The van der Waals surface area contributed by atoms with Crippen molar-refractivity contribution in [3.8, 4) is 0 Å². The van der Waals surface area contributed by atoms with E-state index in [4.69, 9.17) is 4.74 Å². The van der Waals surface area contributed by atoms with E-state index in [0.29, 0.717) is 12.6 Å². The smallest absolute Gasteiger partial charge is 0.191 e. The van der Waals surface area contributed by atoms with Gasteiger partial charge in [0.2, 0.25) is 0 Å². The number of aliphatic hydroxyl groups is 1. The van der Waals surface area contributed by atoms with Crippen LogP contribution in [0.1, 0.15) is 70.1 Å². The van der Waals surface area contributed by atoms with Crippen molar-refractivity contribution in [3.63, 3.8) is 0 Å². The van der Waals surface area contributed by atoms with Gasteiger partial charge in [-0.05, 0) is 57.4 Å². The third-order valence-corrected chi connectivity index (χ3v) is 6.08. The SMILES string of the molecule is CCNC(=NCC(C)(O)c1cccs1)NCCCCCOC1CCCCC1.I. The summed E-state index contributed by atoms with van der Waals surface area (Å²) in [7, 11) is 0. The van der Waals surface area contributed by atoms with E-state index in [1.54, 1.807) is 11.3 Å². The van der Waals surface area contributed by atoms with Gasteiger partial charge in [-0.1, -0.05) is 25.3 Å². The highest BCUT2D eigenvalue weighted by Gasteiger charge is 2.23. The van der Waals surface area contributed by atoms with Crippen LogP contribution in [-0.2, 0) is 10.3 Å². The minimum absolute atomic E-state index is 0. The van der Waals surface area contributed by atoms with Crippen molar-refractivity contribution in [3.05, 3.63) is 22.4 Å². The molecule has 1 aromatic rings. The number of hydrogen-bond acceptors (Lipinski definition) is 4. The van der Waals surface area contributed by atoms with Crippen LogP contribution in [0.25, 0.3) is 0 Å². The summed E-state index contributed by atoms with van der Waals surface area (Å²) in [5, 5.41) is 19.2. The molecule has 1 atom stereocenters. The first-order chi connectivity index (χ1) is 13.1. The second-order valence-electron chi connectivity index (χ2n) is 7.56. The molecule has 1 aliphatic rings. The zero-order valence-electron chi connectivity index (χ0n) is 17.4. The number of hydrogen-bond donors (Lipinski definition) is 3. The molecule has 3 N–H and O–H groups in total. The highest BCUT2D eigenvalue weighted by Crippen LogP contribution is 2.25. The van der Waals surface area contributed by atoms with Crippen LogP contribution >= 0.6 is 35.3 Å². The number of guanidine groups is 1. The van der Waals surface area contributed by atoms with Crippen molar-refractivity contribution in [1.82, 2.24) is 10.6 Å². The van der Waals surface area contributed by atoms with Crippen LogP contribution in [0, 0.1) is 0 Å². The van der Waals surface area contributed by atoms with Crippen molar-refractivity contribution in [2.45, 2.75) is 76.9 Å². The standard InChI is InChI=1S/C21H37N3O2S.HI/c1-3-22-20(24-17-21(2,25)19-13-10-16-27-19)23-14-8-5-9-15-26-18-11-6-4-7-12-18;/h10,13,16,18,25H,3-9,11-12,14-15,17H2,1-2H3,(H2,22,23,24);1H. The molecule has 1 aliphatic carbocycles. The minimum Gasteiger partial charge on any atom is -0.383 e. The second kappa shape index (κ2) is 14.6. The molecule has 1 unspecified atom stereocenters. The number of thiophene rings is 1. The Balaban J connectivity index is 0.00000392. The third kappa shape index (κ3) is 9.89. The molecule has 28 heavy (non-hydrogen) atoms. The third-order valence-electron chi connectivity index (χ3n) is 4.96. The van der Waals surface area contributed by atoms with Crippen LogP contribution in [0.2, 0.25) is 0 Å². The van der Waals surface area contributed by atoms with E-state index in [2.05, 4.69) is 22.5 Å². The molecule has 1 heterocycles. The van der Waals surface area contributed by atoms with Crippen LogP contribution < -0.4 is 10.6 Å². The lowest BCUT2D eigenvalue weighted by atomic mass is 9.98. The van der Waals surface area contributed by atoms with Gasteiger partial charge in [0.25, 0.3) is 0 Å². The van der Waals surface area contributed by atoms with Crippen molar-refractivity contribution in [2.24, 2.45) is 4.99 Å². The van der Waals surface area contributed by atoms with Crippen LogP contribution in [-0.4, -0.2) is 43.4 Å². The molecule has 0 bridgehead atoms. The molecule has 0 aliphatic heterocycles. The Morgan fingerprint density at radius 1 is 1.25 bits per heavy atom. The maximum Gasteiger partial charge on any atom is 0.191 e. The Morgan fingerprint density at radius 3 is 2.71 bits per heavy atom.